The second-order valence-corrected chi connectivity index (χ2v) is 10.5. The maximum absolute atomic E-state index is 10.4. The van der Waals surface area contributed by atoms with Crippen LogP contribution in [0.25, 0.3) is 0 Å². The van der Waals surface area contributed by atoms with Crippen LogP contribution in [0.3, 0.4) is 0 Å². The molecule has 1 fully saturated rings. The van der Waals surface area contributed by atoms with E-state index < -0.39 is 0 Å². The fourth-order valence-electron chi connectivity index (χ4n) is 5.22. The van der Waals surface area contributed by atoms with Gasteiger partial charge in [0.15, 0.2) is 0 Å². The molecule has 3 heteroatoms. The van der Waals surface area contributed by atoms with Crippen molar-refractivity contribution in [2.75, 3.05) is 19.6 Å². The molecule has 0 spiro atoms. The molecule has 0 N–H and O–H groups in total. The van der Waals surface area contributed by atoms with Crippen LogP contribution >= 0.6 is 15.9 Å². The summed E-state index contributed by atoms with van der Waals surface area (Å²) >= 11 is 3.56. The molecule has 176 valence electrons. The summed E-state index contributed by atoms with van der Waals surface area (Å²) in [5.74, 6) is 0.487. The van der Waals surface area contributed by atoms with Gasteiger partial charge in [0.1, 0.15) is 0 Å². The van der Waals surface area contributed by atoms with Crippen molar-refractivity contribution < 1.29 is 0 Å². The predicted octanol–water partition coefficient (Wildman–Crippen LogP) is 7.58. The molecule has 1 saturated carbocycles. The highest BCUT2D eigenvalue weighted by molar-refractivity contribution is 9.10. The third-order valence-corrected chi connectivity index (χ3v) is 8.05. The highest BCUT2D eigenvalue weighted by Gasteiger charge is 2.43. The van der Waals surface area contributed by atoms with Crippen LogP contribution in [0.5, 0.6) is 0 Å². The number of rotatable bonds is 12. The van der Waals surface area contributed by atoms with Crippen molar-refractivity contribution in [2.45, 2.75) is 50.4 Å². The average Bonchev–Trinajstić information content (AvgIpc) is 2.85. The Balaban J connectivity index is 1.42. The van der Waals surface area contributed by atoms with Gasteiger partial charge in [-0.05, 0) is 79.8 Å². The van der Waals surface area contributed by atoms with Crippen molar-refractivity contribution in [3.63, 3.8) is 0 Å². The molecule has 0 saturated heterocycles. The van der Waals surface area contributed by atoms with E-state index >= 15 is 0 Å². The van der Waals surface area contributed by atoms with Crippen molar-refractivity contribution in [3.8, 4) is 6.07 Å². The Morgan fingerprint density at radius 2 is 1.35 bits per heavy atom. The first-order chi connectivity index (χ1) is 16.7. The number of hydrogen-bond acceptors (Lipinski definition) is 2. The first-order valence-electron chi connectivity index (χ1n) is 12.7. The summed E-state index contributed by atoms with van der Waals surface area (Å²) in [6.45, 7) is 3.14. The van der Waals surface area contributed by atoms with Gasteiger partial charge in [0, 0.05) is 17.6 Å². The third kappa shape index (κ3) is 6.38. The van der Waals surface area contributed by atoms with Crippen molar-refractivity contribution in [2.24, 2.45) is 5.92 Å². The van der Waals surface area contributed by atoms with Gasteiger partial charge in [-0.15, -0.1) is 0 Å². The summed E-state index contributed by atoms with van der Waals surface area (Å²) in [5.41, 5.74) is 3.62. The van der Waals surface area contributed by atoms with E-state index in [2.05, 4.69) is 112 Å². The van der Waals surface area contributed by atoms with Crippen LogP contribution in [-0.2, 0) is 18.3 Å². The molecule has 3 aromatic rings. The summed E-state index contributed by atoms with van der Waals surface area (Å²) in [7, 11) is 0. The number of nitriles is 1. The van der Waals surface area contributed by atoms with Crippen LogP contribution in [0.4, 0.5) is 0 Å². The summed E-state index contributed by atoms with van der Waals surface area (Å²) in [5, 5.41) is 10.4. The summed E-state index contributed by atoms with van der Waals surface area (Å²) in [4.78, 5) is 2.60. The first kappa shape index (κ1) is 24.7. The second-order valence-electron chi connectivity index (χ2n) is 9.63. The van der Waals surface area contributed by atoms with Crippen molar-refractivity contribution in [1.29, 1.82) is 5.26 Å². The van der Waals surface area contributed by atoms with E-state index in [1.165, 1.54) is 36.0 Å². The molecule has 1 unspecified atom stereocenters. The largest absolute Gasteiger partial charge is 0.303 e. The van der Waals surface area contributed by atoms with E-state index in [4.69, 9.17) is 0 Å². The maximum Gasteiger partial charge on any atom is 0.0850 e. The van der Waals surface area contributed by atoms with Crippen molar-refractivity contribution in [3.05, 3.63) is 106 Å². The molecular formula is C31H35BrN2. The molecule has 0 aromatic heterocycles. The molecule has 0 radical (unpaired) electrons. The van der Waals surface area contributed by atoms with Crippen LogP contribution in [0, 0.1) is 17.2 Å². The zero-order valence-electron chi connectivity index (χ0n) is 20.0. The summed E-state index contributed by atoms with van der Waals surface area (Å²) in [6.07, 6.45) is 7.71. The lowest BCUT2D eigenvalue weighted by atomic mass is 9.61. The standard InChI is InChI=1S/C31H35BrN2/c32-30-17-15-29(16-18-30)31(25-33,28-13-7-14-28)21-8-22-34(23-19-26-9-3-1-4-10-26)24-20-27-11-5-2-6-12-27/h1-6,9-12,15-18,28H,7-8,13-14,19-24H2. The SMILES string of the molecule is N#CC(CCCN(CCc1ccccc1)CCc1ccccc1)(c1ccc(Br)cc1)C1CCC1. The van der Waals surface area contributed by atoms with Crippen molar-refractivity contribution >= 4 is 15.9 Å². The Hall–Kier alpha value is -2.41. The molecule has 2 nitrogen and oxygen atoms in total. The Morgan fingerprint density at radius 1 is 0.794 bits per heavy atom. The molecule has 1 aliphatic rings. The maximum atomic E-state index is 10.4. The van der Waals surface area contributed by atoms with Gasteiger partial charge in [-0.1, -0.05) is 95.1 Å². The molecular weight excluding hydrogens is 480 g/mol. The molecule has 3 aromatic carbocycles. The fraction of sp³-hybridized carbons (Fsp3) is 0.387. The number of nitrogens with zero attached hydrogens (tertiary/aromatic N) is 2. The predicted molar refractivity (Wildman–Crippen MR) is 145 cm³/mol. The van der Waals surface area contributed by atoms with E-state index in [1.807, 2.05) is 0 Å². The first-order valence-corrected chi connectivity index (χ1v) is 13.5. The third-order valence-electron chi connectivity index (χ3n) is 7.53. The van der Waals surface area contributed by atoms with Crippen LogP contribution in [0.1, 0.15) is 48.8 Å². The van der Waals surface area contributed by atoms with E-state index in [0.717, 1.165) is 49.8 Å². The average molecular weight is 516 g/mol. The molecule has 0 bridgehead atoms. The van der Waals surface area contributed by atoms with Gasteiger partial charge < -0.3 is 4.90 Å². The van der Waals surface area contributed by atoms with Gasteiger partial charge in [0.05, 0.1) is 11.5 Å². The molecule has 0 amide bonds. The molecule has 0 heterocycles. The molecule has 1 aliphatic carbocycles. The zero-order chi connectivity index (χ0) is 23.6. The topological polar surface area (TPSA) is 27.0 Å². The van der Waals surface area contributed by atoms with Crippen LogP contribution in [0.15, 0.2) is 89.4 Å². The quantitative estimate of drug-likeness (QED) is 0.249. The number of hydrogen-bond donors (Lipinski definition) is 0. The normalized spacial score (nSPS) is 15.4. The Kier molecular flexibility index (Phi) is 8.97. The van der Waals surface area contributed by atoms with E-state index in [1.54, 1.807) is 0 Å². The second kappa shape index (κ2) is 12.3. The van der Waals surface area contributed by atoms with Gasteiger partial charge in [0.25, 0.3) is 0 Å². The van der Waals surface area contributed by atoms with E-state index in [-0.39, 0.29) is 5.41 Å². The minimum atomic E-state index is -0.358. The summed E-state index contributed by atoms with van der Waals surface area (Å²) < 4.78 is 1.07. The molecule has 1 atom stereocenters. The number of benzene rings is 3. The summed E-state index contributed by atoms with van der Waals surface area (Å²) in [6, 6.07) is 32.9. The van der Waals surface area contributed by atoms with Gasteiger partial charge in [-0.3, -0.25) is 0 Å². The van der Waals surface area contributed by atoms with Crippen LogP contribution < -0.4 is 0 Å². The van der Waals surface area contributed by atoms with Gasteiger partial charge in [-0.2, -0.15) is 5.26 Å². The van der Waals surface area contributed by atoms with Crippen LogP contribution in [-0.4, -0.2) is 24.5 Å². The molecule has 4 rings (SSSR count). The smallest absolute Gasteiger partial charge is 0.0850 e. The lowest BCUT2D eigenvalue weighted by molar-refractivity contribution is 0.184. The zero-order valence-corrected chi connectivity index (χ0v) is 21.6. The highest BCUT2D eigenvalue weighted by Crippen LogP contribution is 2.47. The minimum Gasteiger partial charge on any atom is -0.303 e. The Bertz CT molecular complexity index is 995. The monoisotopic (exact) mass is 514 g/mol. The Morgan fingerprint density at radius 3 is 1.82 bits per heavy atom. The molecule has 34 heavy (non-hydrogen) atoms. The number of halogens is 1. The van der Waals surface area contributed by atoms with Crippen molar-refractivity contribution in [1.82, 2.24) is 4.90 Å². The Labute approximate surface area is 213 Å². The lowest BCUT2D eigenvalue weighted by Crippen LogP contribution is -2.39. The van der Waals surface area contributed by atoms with Gasteiger partial charge >= 0.3 is 0 Å². The minimum absolute atomic E-state index is 0.358. The van der Waals surface area contributed by atoms with E-state index in [0.29, 0.717) is 5.92 Å². The van der Waals surface area contributed by atoms with Gasteiger partial charge in [0.2, 0.25) is 0 Å². The fourth-order valence-corrected chi connectivity index (χ4v) is 5.49. The van der Waals surface area contributed by atoms with E-state index in [9.17, 15) is 5.26 Å². The highest BCUT2D eigenvalue weighted by atomic mass is 79.9. The van der Waals surface area contributed by atoms with Gasteiger partial charge in [-0.25, -0.2) is 0 Å². The van der Waals surface area contributed by atoms with Crippen LogP contribution in [0.2, 0.25) is 0 Å². The lowest BCUT2D eigenvalue weighted by Gasteiger charge is -2.41. The molecule has 0 aliphatic heterocycles.